The van der Waals surface area contributed by atoms with Crippen LogP contribution in [0.5, 0.6) is 0 Å². The van der Waals surface area contributed by atoms with Gasteiger partial charge in [-0.25, -0.2) is 4.39 Å². The molecule has 18 heavy (non-hydrogen) atoms. The highest BCUT2D eigenvalue weighted by molar-refractivity contribution is 5.99. The third-order valence-corrected chi connectivity index (χ3v) is 3.95. The molecule has 0 saturated heterocycles. The second kappa shape index (κ2) is 4.38. The van der Waals surface area contributed by atoms with E-state index < -0.39 is 5.82 Å². The monoisotopic (exact) mass is 247 g/mol. The van der Waals surface area contributed by atoms with Crippen LogP contribution in [0.2, 0.25) is 0 Å². The summed E-state index contributed by atoms with van der Waals surface area (Å²) in [4.78, 5) is 11.6. The molecule has 1 aromatic rings. The van der Waals surface area contributed by atoms with E-state index in [1.54, 1.807) is 6.07 Å². The minimum absolute atomic E-state index is 0.207. The topological polar surface area (TPSA) is 29.1 Å². The molecular formula is C15H18FNO. The Labute approximate surface area is 107 Å². The summed E-state index contributed by atoms with van der Waals surface area (Å²) in [6.45, 7) is 1.42. The van der Waals surface area contributed by atoms with E-state index in [9.17, 15) is 9.18 Å². The fourth-order valence-electron chi connectivity index (χ4n) is 2.71. The maximum absolute atomic E-state index is 13.7. The second-order valence-corrected chi connectivity index (χ2v) is 5.56. The number of ketones is 1. The number of hydrogen-bond donors (Lipinski definition) is 1. The summed E-state index contributed by atoms with van der Waals surface area (Å²) in [5.74, 6) is 0.819. The van der Waals surface area contributed by atoms with Crippen LogP contribution >= 0.6 is 0 Å². The number of carbonyl (C=O) groups excluding carboxylic acids is 1. The van der Waals surface area contributed by atoms with Gasteiger partial charge >= 0.3 is 0 Å². The van der Waals surface area contributed by atoms with Gasteiger partial charge in [-0.3, -0.25) is 4.79 Å². The van der Waals surface area contributed by atoms with E-state index in [4.69, 9.17) is 0 Å². The molecule has 1 N–H and O–H groups in total. The zero-order valence-electron chi connectivity index (χ0n) is 10.6. The zero-order valence-corrected chi connectivity index (χ0v) is 10.6. The lowest BCUT2D eigenvalue weighted by atomic mass is 10.0. The van der Waals surface area contributed by atoms with E-state index in [0.29, 0.717) is 11.7 Å². The Morgan fingerprint density at radius 3 is 2.39 bits per heavy atom. The molecule has 2 saturated carbocycles. The molecule has 2 fully saturated rings. The molecule has 96 valence electrons. The van der Waals surface area contributed by atoms with Gasteiger partial charge in [0.15, 0.2) is 5.78 Å². The van der Waals surface area contributed by atoms with E-state index in [-0.39, 0.29) is 11.3 Å². The molecule has 0 bridgehead atoms. The summed E-state index contributed by atoms with van der Waals surface area (Å²) in [6.07, 6.45) is 5.05. The molecule has 0 unspecified atom stereocenters. The molecule has 0 aromatic heterocycles. The average molecular weight is 247 g/mol. The molecular weight excluding hydrogens is 229 g/mol. The maximum atomic E-state index is 13.7. The highest BCUT2D eigenvalue weighted by atomic mass is 19.1. The van der Waals surface area contributed by atoms with Crippen LogP contribution in [0, 0.1) is 17.7 Å². The Balaban J connectivity index is 1.86. The summed E-state index contributed by atoms with van der Waals surface area (Å²) in [6, 6.07) is 5.27. The van der Waals surface area contributed by atoms with Crippen LogP contribution in [-0.2, 0) is 0 Å². The molecule has 0 spiro atoms. The number of carbonyl (C=O) groups is 1. The molecule has 0 atom stereocenters. The lowest BCUT2D eigenvalue weighted by Crippen LogP contribution is -2.25. The Bertz CT molecular complexity index is 465. The number of Topliss-reactive ketones (excluding diaryl/α,β-unsaturated/α-hetero) is 1. The van der Waals surface area contributed by atoms with Crippen LogP contribution in [0.1, 0.15) is 43.0 Å². The van der Waals surface area contributed by atoms with Crippen LogP contribution in [-0.4, -0.2) is 11.8 Å². The fraction of sp³-hybridized carbons (Fsp3) is 0.533. The van der Waals surface area contributed by atoms with Crippen molar-refractivity contribution in [3.63, 3.8) is 0 Å². The van der Waals surface area contributed by atoms with E-state index in [1.165, 1.54) is 38.7 Å². The molecule has 2 aliphatic carbocycles. The van der Waals surface area contributed by atoms with Crippen LogP contribution in [0.4, 0.5) is 10.1 Å². The number of hydrogen-bond acceptors (Lipinski definition) is 2. The molecule has 1 aromatic carbocycles. The molecule has 0 heterocycles. The molecule has 2 nitrogen and oxygen atoms in total. The van der Waals surface area contributed by atoms with Crippen molar-refractivity contribution in [1.82, 2.24) is 0 Å². The van der Waals surface area contributed by atoms with Crippen LogP contribution in [0.15, 0.2) is 18.2 Å². The van der Waals surface area contributed by atoms with E-state index in [1.807, 2.05) is 6.07 Å². The predicted octanol–water partition coefficient (Wildman–Crippen LogP) is 3.63. The summed E-state index contributed by atoms with van der Waals surface area (Å²) >= 11 is 0. The van der Waals surface area contributed by atoms with Gasteiger partial charge in [0.25, 0.3) is 0 Å². The largest absolute Gasteiger partial charge is 0.381 e. The Morgan fingerprint density at radius 2 is 1.89 bits per heavy atom. The first kappa shape index (κ1) is 11.7. The van der Waals surface area contributed by atoms with Crippen molar-refractivity contribution >= 4 is 11.5 Å². The van der Waals surface area contributed by atoms with Gasteiger partial charge < -0.3 is 5.32 Å². The molecule has 2 aliphatic rings. The normalized spacial score (nSPS) is 19.1. The zero-order chi connectivity index (χ0) is 12.7. The van der Waals surface area contributed by atoms with Gasteiger partial charge in [-0.1, -0.05) is 6.07 Å². The van der Waals surface area contributed by atoms with Gasteiger partial charge in [-0.15, -0.1) is 0 Å². The van der Waals surface area contributed by atoms with Gasteiger partial charge in [0.1, 0.15) is 5.82 Å². The van der Waals surface area contributed by atoms with Crippen LogP contribution in [0.25, 0.3) is 0 Å². The van der Waals surface area contributed by atoms with E-state index in [2.05, 4.69) is 5.32 Å². The van der Waals surface area contributed by atoms with Crippen molar-refractivity contribution in [2.45, 2.75) is 38.6 Å². The first-order chi connectivity index (χ1) is 8.66. The van der Waals surface area contributed by atoms with Crippen LogP contribution < -0.4 is 5.32 Å². The first-order valence-electron chi connectivity index (χ1n) is 6.73. The smallest absolute Gasteiger partial charge is 0.164 e. The third kappa shape index (κ3) is 2.26. The van der Waals surface area contributed by atoms with Crippen molar-refractivity contribution in [3.05, 3.63) is 29.6 Å². The van der Waals surface area contributed by atoms with Gasteiger partial charge in [0, 0.05) is 11.7 Å². The lowest BCUT2D eigenvalue weighted by molar-refractivity contribution is 0.101. The van der Waals surface area contributed by atoms with Gasteiger partial charge in [0.05, 0.1) is 5.56 Å². The summed E-state index contributed by atoms with van der Waals surface area (Å²) in [5, 5.41) is 3.43. The van der Waals surface area contributed by atoms with Gasteiger partial charge in [-0.05, 0) is 56.6 Å². The number of halogens is 1. The summed E-state index contributed by atoms with van der Waals surface area (Å²) in [7, 11) is 0. The summed E-state index contributed by atoms with van der Waals surface area (Å²) in [5.41, 5.74) is 0.884. The quantitative estimate of drug-likeness (QED) is 0.805. The van der Waals surface area contributed by atoms with Crippen molar-refractivity contribution < 1.29 is 9.18 Å². The summed E-state index contributed by atoms with van der Waals surface area (Å²) < 4.78 is 13.7. The Kier molecular flexibility index (Phi) is 2.84. The minimum Gasteiger partial charge on any atom is -0.381 e. The maximum Gasteiger partial charge on any atom is 0.164 e. The molecule has 0 aliphatic heterocycles. The standard InChI is InChI=1S/C15H18FNO/c1-9(18)14-12(16)3-2-4-13(14)17-15(10-5-6-10)11-7-8-11/h2-4,10-11,15,17H,5-8H2,1H3. The molecule has 0 radical (unpaired) electrons. The fourth-order valence-corrected chi connectivity index (χ4v) is 2.71. The number of benzene rings is 1. The lowest BCUT2D eigenvalue weighted by Gasteiger charge is -2.21. The minimum atomic E-state index is -0.419. The molecule has 0 amide bonds. The Hall–Kier alpha value is -1.38. The van der Waals surface area contributed by atoms with E-state index in [0.717, 1.165) is 11.8 Å². The number of nitrogens with one attached hydrogen (secondary N) is 1. The highest BCUT2D eigenvalue weighted by Gasteiger charge is 2.41. The van der Waals surface area contributed by atoms with Crippen LogP contribution in [0.3, 0.4) is 0 Å². The molecule has 3 rings (SSSR count). The predicted molar refractivity (Wildman–Crippen MR) is 69.3 cm³/mol. The van der Waals surface area contributed by atoms with Gasteiger partial charge in [-0.2, -0.15) is 0 Å². The Morgan fingerprint density at radius 1 is 1.28 bits per heavy atom. The van der Waals surface area contributed by atoms with E-state index >= 15 is 0 Å². The number of rotatable bonds is 5. The molecule has 3 heteroatoms. The van der Waals surface area contributed by atoms with Crippen molar-refractivity contribution in [2.24, 2.45) is 11.8 Å². The SMILES string of the molecule is CC(=O)c1c(F)cccc1NC(C1CC1)C1CC1. The highest BCUT2D eigenvalue weighted by Crippen LogP contribution is 2.46. The van der Waals surface area contributed by atoms with Gasteiger partial charge in [0.2, 0.25) is 0 Å². The first-order valence-corrected chi connectivity index (χ1v) is 6.73. The number of anilines is 1. The second-order valence-electron chi connectivity index (χ2n) is 5.56. The average Bonchev–Trinajstić information content (AvgIpc) is 3.17. The van der Waals surface area contributed by atoms with Crippen molar-refractivity contribution in [1.29, 1.82) is 0 Å². The van der Waals surface area contributed by atoms with Crippen molar-refractivity contribution in [3.8, 4) is 0 Å². The van der Waals surface area contributed by atoms with Crippen molar-refractivity contribution in [2.75, 3.05) is 5.32 Å². The third-order valence-electron chi connectivity index (χ3n) is 3.95.